The van der Waals surface area contributed by atoms with Crippen molar-refractivity contribution in [2.24, 2.45) is 0 Å². The standard InChI is InChI=1S/C14H18N2O/c1-10-12(3)17-14(16-10)9-15-11(2)13-7-5-4-6-8-13/h4-8,11,15H,9H2,1-3H3/t11-/m1/s1. The minimum absolute atomic E-state index is 0.295. The SMILES string of the molecule is Cc1nc(CN[C@H](C)c2ccccc2)oc1C. The van der Waals surface area contributed by atoms with Crippen LogP contribution in [-0.2, 0) is 6.54 Å². The summed E-state index contributed by atoms with van der Waals surface area (Å²) in [5.41, 5.74) is 2.24. The van der Waals surface area contributed by atoms with E-state index in [-0.39, 0.29) is 0 Å². The molecule has 0 amide bonds. The van der Waals surface area contributed by atoms with Gasteiger partial charge in [0.15, 0.2) is 0 Å². The first-order valence-electron chi connectivity index (χ1n) is 5.88. The normalized spacial score (nSPS) is 12.6. The molecule has 0 saturated heterocycles. The highest BCUT2D eigenvalue weighted by atomic mass is 16.4. The van der Waals surface area contributed by atoms with Crippen LogP contribution in [0.1, 0.15) is 35.9 Å². The molecule has 2 aromatic rings. The molecule has 17 heavy (non-hydrogen) atoms. The maximum absolute atomic E-state index is 5.53. The highest BCUT2D eigenvalue weighted by Gasteiger charge is 2.08. The molecule has 0 saturated carbocycles. The summed E-state index contributed by atoms with van der Waals surface area (Å²) in [6.45, 7) is 6.69. The van der Waals surface area contributed by atoms with Gasteiger partial charge in [0.05, 0.1) is 12.2 Å². The van der Waals surface area contributed by atoms with Crippen LogP contribution in [0, 0.1) is 13.8 Å². The highest BCUT2D eigenvalue weighted by Crippen LogP contribution is 2.13. The van der Waals surface area contributed by atoms with E-state index >= 15 is 0 Å². The summed E-state index contributed by atoms with van der Waals surface area (Å²) in [7, 11) is 0. The van der Waals surface area contributed by atoms with Crippen molar-refractivity contribution in [3.05, 3.63) is 53.2 Å². The first-order valence-corrected chi connectivity index (χ1v) is 5.88. The van der Waals surface area contributed by atoms with Gasteiger partial charge in [-0.25, -0.2) is 4.98 Å². The molecule has 0 fully saturated rings. The van der Waals surface area contributed by atoms with E-state index < -0.39 is 0 Å². The number of aromatic nitrogens is 1. The predicted octanol–water partition coefficient (Wildman–Crippen LogP) is 3.14. The molecule has 3 heteroatoms. The van der Waals surface area contributed by atoms with Crippen LogP contribution in [0.2, 0.25) is 0 Å². The van der Waals surface area contributed by atoms with Gasteiger partial charge in [-0.05, 0) is 26.3 Å². The van der Waals surface area contributed by atoms with Crippen molar-refractivity contribution in [2.45, 2.75) is 33.4 Å². The van der Waals surface area contributed by atoms with E-state index in [2.05, 4.69) is 29.4 Å². The summed E-state index contributed by atoms with van der Waals surface area (Å²) >= 11 is 0. The van der Waals surface area contributed by atoms with E-state index in [0.29, 0.717) is 12.6 Å². The second kappa shape index (κ2) is 5.15. The number of nitrogens with one attached hydrogen (secondary N) is 1. The lowest BCUT2D eigenvalue weighted by atomic mass is 10.1. The Morgan fingerprint density at radius 1 is 1.24 bits per heavy atom. The molecule has 0 spiro atoms. The third-order valence-corrected chi connectivity index (χ3v) is 2.93. The van der Waals surface area contributed by atoms with Gasteiger partial charge in [-0.1, -0.05) is 30.3 Å². The minimum Gasteiger partial charge on any atom is -0.444 e. The second-order valence-corrected chi connectivity index (χ2v) is 4.26. The van der Waals surface area contributed by atoms with Crippen LogP contribution >= 0.6 is 0 Å². The smallest absolute Gasteiger partial charge is 0.208 e. The number of oxazole rings is 1. The van der Waals surface area contributed by atoms with E-state index in [1.54, 1.807) is 0 Å². The van der Waals surface area contributed by atoms with E-state index in [0.717, 1.165) is 17.3 Å². The number of nitrogens with zero attached hydrogens (tertiary/aromatic N) is 1. The van der Waals surface area contributed by atoms with Gasteiger partial charge in [0.25, 0.3) is 0 Å². The predicted molar refractivity (Wildman–Crippen MR) is 67.7 cm³/mol. The summed E-state index contributed by atoms with van der Waals surface area (Å²) in [4.78, 5) is 4.35. The number of benzene rings is 1. The molecule has 3 nitrogen and oxygen atoms in total. The Labute approximate surface area is 102 Å². The fourth-order valence-corrected chi connectivity index (χ4v) is 1.71. The zero-order valence-corrected chi connectivity index (χ0v) is 10.5. The molecule has 1 atom stereocenters. The van der Waals surface area contributed by atoms with E-state index in [9.17, 15) is 0 Å². The van der Waals surface area contributed by atoms with Crippen LogP contribution in [0.5, 0.6) is 0 Å². The molecule has 1 N–H and O–H groups in total. The van der Waals surface area contributed by atoms with Crippen molar-refractivity contribution in [1.82, 2.24) is 10.3 Å². The molecule has 1 aromatic carbocycles. The number of aryl methyl sites for hydroxylation is 2. The minimum atomic E-state index is 0.295. The van der Waals surface area contributed by atoms with Crippen LogP contribution in [-0.4, -0.2) is 4.98 Å². The van der Waals surface area contributed by atoms with Gasteiger partial charge in [-0.3, -0.25) is 0 Å². The third kappa shape index (κ3) is 2.94. The van der Waals surface area contributed by atoms with Crippen molar-refractivity contribution in [1.29, 1.82) is 0 Å². The van der Waals surface area contributed by atoms with Crippen LogP contribution < -0.4 is 5.32 Å². The quantitative estimate of drug-likeness (QED) is 0.876. The molecule has 0 radical (unpaired) electrons. The Morgan fingerprint density at radius 2 is 1.94 bits per heavy atom. The molecule has 0 aliphatic rings. The molecule has 0 aliphatic heterocycles. The van der Waals surface area contributed by atoms with Crippen molar-refractivity contribution in [2.75, 3.05) is 0 Å². The van der Waals surface area contributed by atoms with Crippen LogP contribution in [0.4, 0.5) is 0 Å². The van der Waals surface area contributed by atoms with Gasteiger partial charge in [0, 0.05) is 6.04 Å². The summed E-state index contributed by atoms with van der Waals surface area (Å²) in [5, 5.41) is 3.40. The molecule has 0 bridgehead atoms. The lowest BCUT2D eigenvalue weighted by molar-refractivity contribution is 0.432. The fraction of sp³-hybridized carbons (Fsp3) is 0.357. The Kier molecular flexibility index (Phi) is 3.59. The first kappa shape index (κ1) is 11.9. The molecule has 0 aliphatic carbocycles. The van der Waals surface area contributed by atoms with Crippen LogP contribution in [0.3, 0.4) is 0 Å². The molecule has 2 rings (SSSR count). The van der Waals surface area contributed by atoms with E-state index in [1.165, 1.54) is 5.56 Å². The topological polar surface area (TPSA) is 38.1 Å². The monoisotopic (exact) mass is 230 g/mol. The van der Waals surface area contributed by atoms with Crippen LogP contribution in [0.15, 0.2) is 34.7 Å². The highest BCUT2D eigenvalue weighted by molar-refractivity contribution is 5.18. The van der Waals surface area contributed by atoms with Crippen molar-refractivity contribution >= 4 is 0 Å². The fourth-order valence-electron chi connectivity index (χ4n) is 1.71. The Morgan fingerprint density at radius 3 is 2.53 bits per heavy atom. The maximum atomic E-state index is 5.53. The lowest BCUT2D eigenvalue weighted by Gasteiger charge is -2.12. The Hall–Kier alpha value is -1.61. The van der Waals surface area contributed by atoms with Gasteiger partial charge >= 0.3 is 0 Å². The Bertz CT molecular complexity index is 457. The number of rotatable bonds is 4. The van der Waals surface area contributed by atoms with Gasteiger partial charge in [-0.15, -0.1) is 0 Å². The third-order valence-electron chi connectivity index (χ3n) is 2.93. The van der Waals surface area contributed by atoms with Gasteiger partial charge in [-0.2, -0.15) is 0 Å². The van der Waals surface area contributed by atoms with Gasteiger partial charge < -0.3 is 9.73 Å². The molecular weight excluding hydrogens is 212 g/mol. The average molecular weight is 230 g/mol. The number of hydrogen-bond donors (Lipinski definition) is 1. The molecular formula is C14H18N2O. The molecule has 1 aromatic heterocycles. The van der Waals surface area contributed by atoms with Crippen molar-refractivity contribution in [3.8, 4) is 0 Å². The summed E-state index contributed by atoms with van der Waals surface area (Å²) < 4.78 is 5.53. The molecule has 0 unspecified atom stereocenters. The van der Waals surface area contributed by atoms with Crippen LogP contribution in [0.25, 0.3) is 0 Å². The zero-order valence-electron chi connectivity index (χ0n) is 10.5. The maximum Gasteiger partial charge on any atom is 0.208 e. The second-order valence-electron chi connectivity index (χ2n) is 4.26. The summed E-state index contributed by atoms with van der Waals surface area (Å²) in [5.74, 6) is 1.65. The largest absolute Gasteiger partial charge is 0.444 e. The van der Waals surface area contributed by atoms with Gasteiger partial charge in [0.1, 0.15) is 5.76 Å². The van der Waals surface area contributed by atoms with Gasteiger partial charge in [0.2, 0.25) is 5.89 Å². The molecule has 1 heterocycles. The number of hydrogen-bond acceptors (Lipinski definition) is 3. The summed E-state index contributed by atoms with van der Waals surface area (Å²) in [6, 6.07) is 10.6. The average Bonchev–Trinajstić information content (AvgIpc) is 2.67. The van der Waals surface area contributed by atoms with Crippen molar-refractivity contribution < 1.29 is 4.42 Å². The lowest BCUT2D eigenvalue weighted by Crippen LogP contribution is -2.18. The van der Waals surface area contributed by atoms with E-state index in [1.807, 2.05) is 32.0 Å². The zero-order chi connectivity index (χ0) is 12.3. The molecule has 90 valence electrons. The van der Waals surface area contributed by atoms with Crippen molar-refractivity contribution in [3.63, 3.8) is 0 Å². The Balaban J connectivity index is 1.94. The summed E-state index contributed by atoms with van der Waals surface area (Å²) in [6.07, 6.45) is 0. The van der Waals surface area contributed by atoms with E-state index in [4.69, 9.17) is 4.42 Å². The first-order chi connectivity index (χ1) is 8.16.